The SMILES string of the molecule is COc1ccc(OC)c(-c2nn(-c3ccccc3)cc2C(=O)OCC#N)c1. The van der Waals surface area contributed by atoms with Crippen LogP contribution in [0.25, 0.3) is 16.9 Å². The van der Waals surface area contributed by atoms with E-state index in [9.17, 15) is 4.79 Å². The van der Waals surface area contributed by atoms with Crippen LogP contribution in [0, 0.1) is 11.3 Å². The first-order valence-electron chi connectivity index (χ1n) is 8.09. The second kappa shape index (κ2) is 8.06. The number of aromatic nitrogens is 2. The van der Waals surface area contributed by atoms with Crippen LogP contribution in [0.3, 0.4) is 0 Å². The van der Waals surface area contributed by atoms with Gasteiger partial charge in [-0.2, -0.15) is 10.4 Å². The van der Waals surface area contributed by atoms with Crippen molar-refractivity contribution < 1.29 is 19.0 Å². The van der Waals surface area contributed by atoms with E-state index in [0.29, 0.717) is 22.8 Å². The third kappa shape index (κ3) is 3.75. The summed E-state index contributed by atoms with van der Waals surface area (Å²) in [6, 6.07) is 16.4. The van der Waals surface area contributed by atoms with E-state index in [-0.39, 0.29) is 12.2 Å². The van der Waals surface area contributed by atoms with Gasteiger partial charge in [-0.3, -0.25) is 0 Å². The Morgan fingerprint density at radius 1 is 1.15 bits per heavy atom. The van der Waals surface area contributed by atoms with Gasteiger partial charge in [0.05, 0.1) is 19.9 Å². The zero-order valence-electron chi connectivity index (χ0n) is 14.9. The molecule has 0 aliphatic heterocycles. The standard InChI is InChI=1S/C20H17N3O4/c1-25-15-8-9-18(26-2)16(12-15)19-17(20(24)27-11-10-21)13-23(22-19)14-6-4-3-5-7-14/h3-9,12-13H,11H2,1-2H3. The molecule has 136 valence electrons. The molecule has 0 fully saturated rings. The fourth-order valence-electron chi connectivity index (χ4n) is 2.61. The molecule has 27 heavy (non-hydrogen) atoms. The first-order chi connectivity index (χ1) is 13.2. The maximum Gasteiger partial charge on any atom is 0.343 e. The molecule has 2 aromatic carbocycles. The van der Waals surface area contributed by atoms with Gasteiger partial charge in [-0.1, -0.05) is 18.2 Å². The summed E-state index contributed by atoms with van der Waals surface area (Å²) in [5, 5.41) is 13.3. The number of esters is 1. The summed E-state index contributed by atoms with van der Waals surface area (Å²) < 4.78 is 17.3. The zero-order valence-corrected chi connectivity index (χ0v) is 14.9. The number of carbonyl (C=O) groups is 1. The van der Waals surface area contributed by atoms with Crippen molar-refractivity contribution in [2.75, 3.05) is 20.8 Å². The van der Waals surface area contributed by atoms with Crippen molar-refractivity contribution in [2.45, 2.75) is 0 Å². The average molecular weight is 363 g/mol. The number of hydrogen-bond acceptors (Lipinski definition) is 6. The van der Waals surface area contributed by atoms with Crippen molar-refractivity contribution in [3.63, 3.8) is 0 Å². The lowest BCUT2D eigenvalue weighted by molar-refractivity contribution is 0.0556. The highest BCUT2D eigenvalue weighted by Crippen LogP contribution is 2.35. The number of ether oxygens (including phenoxy) is 3. The van der Waals surface area contributed by atoms with Gasteiger partial charge in [0.2, 0.25) is 0 Å². The van der Waals surface area contributed by atoms with E-state index >= 15 is 0 Å². The minimum Gasteiger partial charge on any atom is -0.497 e. The maximum absolute atomic E-state index is 12.5. The van der Waals surface area contributed by atoms with Crippen LogP contribution >= 0.6 is 0 Å². The third-order valence-electron chi connectivity index (χ3n) is 3.88. The van der Waals surface area contributed by atoms with Crippen LogP contribution in [0.4, 0.5) is 0 Å². The molecule has 1 aromatic heterocycles. The van der Waals surface area contributed by atoms with Gasteiger partial charge in [-0.25, -0.2) is 9.48 Å². The fraction of sp³-hybridized carbons (Fsp3) is 0.150. The Morgan fingerprint density at radius 2 is 1.93 bits per heavy atom. The lowest BCUT2D eigenvalue weighted by atomic mass is 10.1. The lowest BCUT2D eigenvalue weighted by Crippen LogP contribution is -2.06. The topological polar surface area (TPSA) is 86.4 Å². The maximum atomic E-state index is 12.5. The monoisotopic (exact) mass is 363 g/mol. The van der Waals surface area contributed by atoms with Gasteiger partial charge < -0.3 is 14.2 Å². The highest BCUT2D eigenvalue weighted by atomic mass is 16.5. The van der Waals surface area contributed by atoms with Crippen LogP contribution in [0.5, 0.6) is 11.5 Å². The smallest absolute Gasteiger partial charge is 0.343 e. The first kappa shape index (κ1) is 18.0. The molecule has 0 saturated carbocycles. The third-order valence-corrected chi connectivity index (χ3v) is 3.88. The molecule has 0 aliphatic rings. The first-order valence-corrected chi connectivity index (χ1v) is 8.09. The summed E-state index contributed by atoms with van der Waals surface area (Å²) in [7, 11) is 3.09. The van der Waals surface area contributed by atoms with Gasteiger partial charge in [0.25, 0.3) is 0 Å². The van der Waals surface area contributed by atoms with Gasteiger partial charge in [0.1, 0.15) is 28.8 Å². The number of nitrogens with zero attached hydrogens (tertiary/aromatic N) is 3. The minimum atomic E-state index is -0.640. The summed E-state index contributed by atoms with van der Waals surface area (Å²) in [6.45, 7) is -0.343. The zero-order chi connectivity index (χ0) is 19.2. The number of methoxy groups -OCH3 is 2. The number of carbonyl (C=O) groups excluding carboxylic acids is 1. The Kier molecular flexibility index (Phi) is 5.38. The highest BCUT2D eigenvalue weighted by molar-refractivity contribution is 5.97. The number of hydrogen-bond donors (Lipinski definition) is 0. The van der Waals surface area contributed by atoms with Crippen molar-refractivity contribution in [3.8, 4) is 34.5 Å². The summed E-state index contributed by atoms with van der Waals surface area (Å²) in [5.74, 6) is 0.485. The number of nitriles is 1. The Morgan fingerprint density at radius 3 is 2.59 bits per heavy atom. The van der Waals surface area contributed by atoms with Crippen LogP contribution in [0.1, 0.15) is 10.4 Å². The molecule has 0 N–H and O–H groups in total. The molecule has 7 heteroatoms. The van der Waals surface area contributed by atoms with Crippen molar-refractivity contribution in [1.82, 2.24) is 9.78 Å². The van der Waals surface area contributed by atoms with Crippen LogP contribution < -0.4 is 9.47 Å². The van der Waals surface area contributed by atoms with E-state index in [1.54, 1.807) is 42.3 Å². The molecule has 1 heterocycles. The van der Waals surface area contributed by atoms with E-state index in [1.807, 2.05) is 30.3 Å². The van der Waals surface area contributed by atoms with E-state index in [1.165, 1.54) is 7.11 Å². The number of rotatable bonds is 6. The second-order valence-electron chi connectivity index (χ2n) is 5.47. The molecule has 3 rings (SSSR count). The van der Waals surface area contributed by atoms with Crippen molar-refractivity contribution in [1.29, 1.82) is 5.26 Å². The van der Waals surface area contributed by atoms with Crippen LogP contribution in [0.15, 0.2) is 54.7 Å². The van der Waals surface area contributed by atoms with Gasteiger partial charge in [-0.15, -0.1) is 0 Å². The van der Waals surface area contributed by atoms with Crippen LogP contribution in [-0.4, -0.2) is 36.6 Å². The Labute approximate surface area is 156 Å². The van der Waals surface area contributed by atoms with E-state index in [4.69, 9.17) is 19.5 Å². The van der Waals surface area contributed by atoms with Gasteiger partial charge >= 0.3 is 5.97 Å². The summed E-state index contributed by atoms with van der Waals surface area (Å²) in [5.41, 5.74) is 1.95. The van der Waals surface area contributed by atoms with Crippen molar-refractivity contribution >= 4 is 5.97 Å². The molecule has 0 spiro atoms. The molecule has 0 bridgehead atoms. The summed E-state index contributed by atoms with van der Waals surface area (Å²) in [4.78, 5) is 12.5. The molecule has 0 radical (unpaired) electrons. The predicted molar refractivity (Wildman–Crippen MR) is 98.0 cm³/mol. The summed E-state index contributed by atoms with van der Waals surface area (Å²) in [6.07, 6.45) is 1.57. The predicted octanol–water partition coefficient (Wildman–Crippen LogP) is 3.24. The summed E-state index contributed by atoms with van der Waals surface area (Å²) >= 11 is 0. The fourth-order valence-corrected chi connectivity index (χ4v) is 2.61. The van der Waals surface area contributed by atoms with Crippen molar-refractivity contribution in [2.24, 2.45) is 0 Å². The molecule has 7 nitrogen and oxygen atoms in total. The largest absolute Gasteiger partial charge is 0.497 e. The van der Waals surface area contributed by atoms with Gasteiger partial charge in [0.15, 0.2) is 6.61 Å². The Hall–Kier alpha value is -3.79. The Bertz CT molecular complexity index is 990. The van der Waals surface area contributed by atoms with Crippen LogP contribution in [-0.2, 0) is 4.74 Å². The Balaban J connectivity index is 2.17. The van der Waals surface area contributed by atoms with E-state index in [0.717, 1.165) is 5.69 Å². The van der Waals surface area contributed by atoms with Gasteiger partial charge in [-0.05, 0) is 30.3 Å². The average Bonchev–Trinajstić information content (AvgIpc) is 3.17. The molecule has 0 aliphatic carbocycles. The number of para-hydroxylation sites is 1. The van der Waals surface area contributed by atoms with Gasteiger partial charge in [0, 0.05) is 11.8 Å². The molecule has 0 unspecified atom stereocenters. The van der Waals surface area contributed by atoms with E-state index in [2.05, 4.69) is 5.10 Å². The normalized spacial score (nSPS) is 10.1. The lowest BCUT2D eigenvalue weighted by Gasteiger charge is -2.10. The quantitative estimate of drug-likeness (QED) is 0.625. The van der Waals surface area contributed by atoms with Crippen molar-refractivity contribution in [3.05, 3.63) is 60.3 Å². The molecule has 3 aromatic rings. The highest BCUT2D eigenvalue weighted by Gasteiger charge is 2.23. The molecular weight excluding hydrogens is 346 g/mol. The van der Waals surface area contributed by atoms with Crippen LogP contribution in [0.2, 0.25) is 0 Å². The molecule has 0 atom stereocenters. The molecular formula is C20H17N3O4. The second-order valence-corrected chi connectivity index (χ2v) is 5.47. The van der Waals surface area contributed by atoms with E-state index < -0.39 is 5.97 Å². The number of benzene rings is 2. The minimum absolute atomic E-state index is 0.223. The molecule has 0 amide bonds. The molecule has 0 saturated heterocycles.